The van der Waals surface area contributed by atoms with Crippen LogP contribution in [0.2, 0.25) is 0 Å². The Morgan fingerprint density at radius 3 is 2.70 bits per heavy atom. The van der Waals surface area contributed by atoms with Crippen molar-refractivity contribution >= 4 is 21.8 Å². The Kier molecular flexibility index (Phi) is 4.83. The third-order valence-electron chi connectivity index (χ3n) is 4.67. The summed E-state index contributed by atoms with van der Waals surface area (Å²) in [7, 11) is 0. The van der Waals surface area contributed by atoms with Crippen LogP contribution in [0.25, 0.3) is 0 Å². The van der Waals surface area contributed by atoms with Crippen molar-refractivity contribution in [3.63, 3.8) is 0 Å². The minimum Gasteiger partial charge on any atom is -0.349 e. The average molecular weight is 373 g/mol. The molecule has 3 rings (SSSR count). The maximum atomic E-state index is 12.6. The van der Waals surface area contributed by atoms with Crippen LogP contribution in [0, 0.1) is 5.92 Å². The molecule has 120 valence electrons. The van der Waals surface area contributed by atoms with Crippen molar-refractivity contribution in [1.29, 1.82) is 0 Å². The van der Waals surface area contributed by atoms with Gasteiger partial charge < -0.3 is 11.1 Å². The molecule has 3 atom stereocenters. The van der Waals surface area contributed by atoms with E-state index >= 15 is 0 Å². The van der Waals surface area contributed by atoms with Gasteiger partial charge in [-0.15, -0.1) is 0 Å². The summed E-state index contributed by atoms with van der Waals surface area (Å²) in [4.78, 5) is 12.6. The summed E-state index contributed by atoms with van der Waals surface area (Å²) < 4.78 is 1.13. The summed E-state index contributed by atoms with van der Waals surface area (Å²) in [5, 5.41) is 3.17. The number of fused-ring (bicyclic) bond motifs is 1. The van der Waals surface area contributed by atoms with Crippen LogP contribution in [0.4, 0.5) is 0 Å². The van der Waals surface area contributed by atoms with Gasteiger partial charge in [0.05, 0.1) is 12.0 Å². The molecule has 0 aromatic heterocycles. The number of halogens is 1. The molecule has 1 aliphatic carbocycles. The van der Waals surface area contributed by atoms with Crippen LogP contribution < -0.4 is 11.1 Å². The molecule has 0 fully saturated rings. The molecular weight excluding hydrogens is 352 g/mol. The van der Waals surface area contributed by atoms with Crippen molar-refractivity contribution in [2.45, 2.75) is 31.8 Å². The number of amides is 1. The molecule has 0 bridgehead atoms. The first-order valence-electron chi connectivity index (χ1n) is 7.96. The first-order chi connectivity index (χ1) is 11.1. The number of hydrogen-bond acceptors (Lipinski definition) is 2. The molecular formula is C19H21BrN2O. The van der Waals surface area contributed by atoms with Crippen LogP contribution in [0.3, 0.4) is 0 Å². The van der Waals surface area contributed by atoms with E-state index in [9.17, 15) is 4.79 Å². The van der Waals surface area contributed by atoms with Gasteiger partial charge in [-0.25, -0.2) is 0 Å². The summed E-state index contributed by atoms with van der Waals surface area (Å²) in [6.45, 7) is 1.89. The fourth-order valence-corrected chi connectivity index (χ4v) is 3.77. The predicted molar refractivity (Wildman–Crippen MR) is 95.9 cm³/mol. The molecule has 3 nitrogen and oxygen atoms in total. The van der Waals surface area contributed by atoms with Crippen LogP contribution >= 0.6 is 15.9 Å². The van der Waals surface area contributed by atoms with Crippen molar-refractivity contribution in [3.05, 3.63) is 69.7 Å². The number of nitrogens with one attached hydrogen (secondary N) is 1. The highest BCUT2D eigenvalue weighted by atomic mass is 79.9. The SMILES string of the molecule is CC(C(=O)NC1CCc2c(Br)cccc21)C(N)c1ccccc1. The van der Waals surface area contributed by atoms with E-state index in [0.29, 0.717) is 0 Å². The number of carbonyl (C=O) groups is 1. The Hall–Kier alpha value is -1.65. The zero-order valence-electron chi connectivity index (χ0n) is 13.1. The van der Waals surface area contributed by atoms with E-state index in [4.69, 9.17) is 5.73 Å². The lowest BCUT2D eigenvalue weighted by atomic mass is 9.94. The summed E-state index contributed by atoms with van der Waals surface area (Å²) in [6.07, 6.45) is 1.93. The molecule has 1 aliphatic rings. The molecule has 23 heavy (non-hydrogen) atoms. The molecule has 0 saturated heterocycles. The predicted octanol–water partition coefficient (Wildman–Crippen LogP) is 3.89. The highest BCUT2D eigenvalue weighted by Gasteiger charge is 2.29. The lowest BCUT2D eigenvalue weighted by molar-refractivity contribution is -0.125. The van der Waals surface area contributed by atoms with Gasteiger partial charge in [0.15, 0.2) is 0 Å². The molecule has 3 N–H and O–H groups in total. The van der Waals surface area contributed by atoms with E-state index in [1.807, 2.05) is 43.3 Å². The van der Waals surface area contributed by atoms with Gasteiger partial charge in [-0.2, -0.15) is 0 Å². The second-order valence-corrected chi connectivity index (χ2v) is 6.99. The fourth-order valence-electron chi connectivity index (χ4n) is 3.19. The average Bonchev–Trinajstić information content (AvgIpc) is 2.98. The van der Waals surface area contributed by atoms with Crippen LogP contribution in [0.5, 0.6) is 0 Å². The number of hydrogen-bond donors (Lipinski definition) is 2. The number of benzene rings is 2. The van der Waals surface area contributed by atoms with Gasteiger partial charge in [0, 0.05) is 10.5 Å². The van der Waals surface area contributed by atoms with Crippen molar-refractivity contribution in [3.8, 4) is 0 Å². The quantitative estimate of drug-likeness (QED) is 0.855. The molecule has 0 aliphatic heterocycles. The topological polar surface area (TPSA) is 55.1 Å². The van der Waals surface area contributed by atoms with Gasteiger partial charge >= 0.3 is 0 Å². The van der Waals surface area contributed by atoms with E-state index in [2.05, 4.69) is 33.4 Å². The van der Waals surface area contributed by atoms with Gasteiger partial charge in [0.25, 0.3) is 0 Å². The summed E-state index contributed by atoms with van der Waals surface area (Å²) >= 11 is 3.59. The maximum Gasteiger partial charge on any atom is 0.225 e. The first-order valence-corrected chi connectivity index (χ1v) is 8.75. The Bertz CT molecular complexity index is 702. The zero-order valence-corrected chi connectivity index (χ0v) is 14.7. The maximum absolute atomic E-state index is 12.6. The van der Waals surface area contributed by atoms with Gasteiger partial charge in [-0.1, -0.05) is 65.3 Å². The smallest absolute Gasteiger partial charge is 0.225 e. The number of rotatable bonds is 4. The number of nitrogens with two attached hydrogens (primary N) is 1. The molecule has 0 saturated carbocycles. The minimum absolute atomic E-state index is 0.0131. The largest absolute Gasteiger partial charge is 0.349 e. The van der Waals surface area contributed by atoms with Gasteiger partial charge in [-0.05, 0) is 35.6 Å². The van der Waals surface area contributed by atoms with Crippen molar-refractivity contribution in [1.82, 2.24) is 5.32 Å². The normalized spacial score (nSPS) is 19.0. The monoisotopic (exact) mass is 372 g/mol. The van der Waals surface area contributed by atoms with Crippen LogP contribution in [0.1, 0.15) is 42.1 Å². The van der Waals surface area contributed by atoms with Crippen molar-refractivity contribution in [2.75, 3.05) is 0 Å². The highest BCUT2D eigenvalue weighted by Crippen LogP contribution is 2.36. The Balaban J connectivity index is 1.70. The lowest BCUT2D eigenvalue weighted by Crippen LogP contribution is -2.37. The molecule has 1 amide bonds. The van der Waals surface area contributed by atoms with E-state index in [1.165, 1.54) is 11.1 Å². The second kappa shape index (κ2) is 6.85. The van der Waals surface area contributed by atoms with Crippen LogP contribution in [-0.4, -0.2) is 5.91 Å². The summed E-state index contributed by atoms with van der Waals surface area (Å²) in [5.74, 6) is -0.257. The third kappa shape index (κ3) is 3.33. The first kappa shape index (κ1) is 16.2. The highest BCUT2D eigenvalue weighted by molar-refractivity contribution is 9.10. The van der Waals surface area contributed by atoms with Crippen molar-refractivity contribution < 1.29 is 4.79 Å². The summed E-state index contributed by atoms with van der Waals surface area (Å²) in [5.41, 5.74) is 9.77. The Morgan fingerprint density at radius 1 is 1.22 bits per heavy atom. The summed E-state index contributed by atoms with van der Waals surface area (Å²) in [6, 6.07) is 15.7. The standard InChI is InChI=1S/C19H21BrN2O/c1-12(18(21)13-6-3-2-4-7-13)19(23)22-17-11-10-14-15(17)8-5-9-16(14)20/h2-9,12,17-18H,10-11,21H2,1H3,(H,22,23). The van der Waals surface area contributed by atoms with E-state index in [0.717, 1.165) is 22.9 Å². The molecule has 3 unspecified atom stereocenters. The van der Waals surface area contributed by atoms with E-state index < -0.39 is 0 Å². The minimum atomic E-state index is -0.292. The third-order valence-corrected chi connectivity index (χ3v) is 5.41. The molecule has 0 spiro atoms. The Labute approximate surface area is 145 Å². The van der Waals surface area contributed by atoms with Gasteiger partial charge in [-0.3, -0.25) is 4.79 Å². The fraction of sp³-hybridized carbons (Fsp3) is 0.316. The molecule has 2 aromatic rings. The molecule has 4 heteroatoms. The molecule has 0 heterocycles. The molecule has 2 aromatic carbocycles. The van der Waals surface area contributed by atoms with Crippen LogP contribution in [0.15, 0.2) is 53.0 Å². The second-order valence-electron chi connectivity index (χ2n) is 6.13. The van der Waals surface area contributed by atoms with Crippen molar-refractivity contribution in [2.24, 2.45) is 11.7 Å². The van der Waals surface area contributed by atoms with Gasteiger partial charge in [0.1, 0.15) is 0 Å². The lowest BCUT2D eigenvalue weighted by Gasteiger charge is -2.22. The number of carbonyl (C=O) groups excluding carboxylic acids is 1. The van der Waals surface area contributed by atoms with Crippen LogP contribution in [-0.2, 0) is 11.2 Å². The molecule has 0 radical (unpaired) electrons. The van der Waals surface area contributed by atoms with E-state index in [1.54, 1.807) is 0 Å². The van der Waals surface area contributed by atoms with E-state index in [-0.39, 0.29) is 23.9 Å². The Morgan fingerprint density at radius 2 is 1.96 bits per heavy atom. The van der Waals surface area contributed by atoms with Gasteiger partial charge in [0.2, 0.25) is 5.91 Å². The zero-order chi connectivity index (χ0) is 16.4.